The summed E-state index contributed by atoms with van der Waals surface area (Å²) >= 11 is 1.92. The zero-order valence-electron chi connectivity index (χ0n) is 26.9. The minimum Gasteiger partial charge on any atom is -0.366 e. The number of ether oxygens (including phenoxy) is 2. The van der Waals surface area contributed by atoms with Gasteiger partial charge in [0.25, 0.3) is 5.78 Å². The summed E-state index contributed by atoms with van der Waals surface area (Å²) in [4.78, 5) is 40.2. The van der Waals surface area contributed by atoms with E-state index in [4.69, 9.17) is 14.5 Å². The molecule has 1 unspecified atom stereocenters. The van der Waals surface area contributed by atoms with Crippen LogP contribution in [0.4, 0.5) is 0 Å². The fourth-order valence-corrected chi connectivity index (χ4v) is 7.65. The molecule has 4 heterocycles. The van der Waals surface area contributed by atoms with Gasteiger partial charge in [-0.05, 0) is 24.2 Å². The summed E-state index contributed by atoms with van der Waals surface area (Å²) in [5.74, 6) is 1.88. The smallest absolute Gasteiger partial charge is 0.318 e. The second-order valence-electron chi connectivity index (χ2n) is 14.0. The van der Waals surface area contributed by atoms with Gasteiger partial charge in [0.2, 0.25) is 0 Å². The predicted molar refractivity (Wildman–Crippen MR) is 184 cm³/mol. The molecule has 3 aliphatic rings. The summed E-state index contributed by atoms with van der Waals surface area (Å²) in [7, 11) is -2.63. The zero-order chi connectivity index (χ0) is 31.5. The molecule has 1 saturated heterocycles. The maximum Gasteiger partial charge on any atom is 0.318 e. The van der Waals surface area contributed by atoms with Crippen molar-refractivity contribution in [3.8, 4) is 0 Å². The van der Waals surface area contributed by atoms with E-state index in [0.29, 0.717) is 19.0 Å². The number of carbonyl (C=O) groups is 2. The number of aromatic nitrogens is 1. The van der Waals surface area contributed by atoms with Gasteiger partial charge in [0.1, 0.15) is 19.3 Å². The molecule has 1 aromatic heterocycles. The normalized spacial score (nSPS) is 19.6. The van der Waals surface area contributed by atoms with Crippen molar-refractivity contribution in [2.24, 2.45) is 4.99 Å². The summed E-state index contributed by atoms with van der Waals surface area (Å²) in [5, 5.41) is 2.74. The quantitative estimate of drug-likeness (QED) is 0.144. The molecule has 1 N–H and O–H groups in total. The molecule has 0 radical (unpaired) electrons. The number of para-hydroxylation sites is 1. The average Bonchev–Trinajstić information content (AvgIpc) is 3.35. The first kappa shape index (κ1) is 32.8. The number of aliphatic imine (C=N–C) groups is 1. The van der Waals surface area contributed by atoms with Crippen molar-refractivity contribution in [2.75, 3.05) is 51.3 Å². The Morgan fingerprint density at radius 1 is 0.977 bits per heavy atom. The standard InChI is InChI=1S/C31H46N6O4SSi2/c1-43(2,3)17-13-40-21-36(22-41-14-18-44(4,5)6)31-27(38)30(39)33-28-26(24-19-23-9-7-8-10-25(23)32-20-24)29(34-37(28)31)35-11-15-42-16-12-35/h7-10,19-20,31,34H,11-18,21-22H2,1-6H3. The number of amidine groups is 1. The van der Waals surface area contributed by atoms with Crippen LogP contribution in [0.25, 0.3) is 16.5 Å². The van der Waals surface area contributed by atoms with E-state index in [9.17, 15) is 9.59 Å². The number of benzene rings is 1. The SMILES string of the molecule is C[Si](C)(C)CCOCN(COCC[Si](C)(C)C)C1C(=O)C(=O)N=C2C(c3cnc4ccccc4c3)=C(N3CCSCC3)NN21. The highest BCUT2D eigenvalue weighted by Crippen LogP contribution is 2.34. The molecule has 2 aromatic rings. The van der Waals surface area contributed by atoms with Crippen molar-refractivity contribution in [3.63, 3.8) is 0 Å². The highest BCUT2D eigenvalue weighted by atomic mass is 32.2. The number of carbonyl (C=O) groups excluding carboxylic acids is 2. The first-order chi connectivity index (χ1) is 20.9. The van der Waals surface area contributed by atoms with Crippen LogP contribution in [0.3, 0.4) is 0 Å². The molecule has 1 aromatic carbocycles. The molecule has 44 heavy (non-hydrogen) atoms. The molecule has 13 heteroatoms. The number of pyridine rings is 1. The molecule has 1 atom stereocenters. The lowest BCUT2D eigenvalue weighted by molar-refractivity contribution is -0.152. The van der Waals surface area contributed by atoms with E-state index in [1.54, 1.807) is 5.01 Å². The second kappa shape index (κ2) is 13.8. The van der Waals surface area contributed by atoms with Gasteiger partial charge < -0.3 is 14.4 Å². The van der Waals surface area contributed by atoms with Gasteiger partial charge in [0, 0.05) is 71.1 Å². The van der Waals surface area contributed by atoms with Crippen LogP contribution in [0.1, 0.15) is 5.56 Å². The molecular weight excluding hydrogens is 609 g/mol. The van der Waals surface area contributed by atoms with E-state index >= 15 is 0 Å². The van der Waals surface area contributed by atoms with Crippen LogP contribution < -0.4 is 5.43 Å². The Kier molecular flexibility index (Phi) is 10.3. The molecular formula is C31H46N6O4SSi2. The van der Waals surface area contributed by atoms with Gasteiger partial charge in [0.15, 0.2) is 12.0 Å². The van der Waals surface area contributed by atoms with Crippen molar-refractivity contribution in [2.45, 2.75) is 57.5 Å². The Hall–Kier alpha value is -2.56. The van der Waals surface area contributed by atoms with Gasteiger partial charge in [-0.2, -0.15) is 16.8 Å². The molecule has 0 spiro atoms. The number of fused-ring (bicyclic) bond motifs is 2. The lowest BCUT2D eigenvalue weighted by Crippen LogP contribution is -2.62. The number of ketones is 1. The fourth-order valence-electron chi connectivity index (χ4n) is 5.23. The molecule has 1 amide bonds. The number of thioether (sulfide) groups is 1. The minimum absolute atomic E-state index is 0.162. The molecule has 5 rings (SSSR count). The lowest BCUT2D eigenvalue weighted by atomic mass is 10.0. The minimum atomic E-state index is -1.31. The van der Waals surface area contributed by atoms with Gasteiger partial charge in [-0.1, -0.05) is 57.5 Å². The van der Waals surface area contributed by atoms with Gasteiger partial charge in [-0.25, -0.2) is 9.91 Å². The number of hydrogen-bond donors (Lipinski definition) is 1. The number of hydrogen-bond acceptors (Lipinski definition) is 10. The molecule has 238 valence electrons. The van der Waals surface area contributed by atoms with Crippen LogP contribution >= 0.6 is 11.8 Å². The maximum atomic E-state index is 13.7. The van der Waals surface area contributed by atoms with Crippen LogP contribution in [-0.4, -0.2) is 111 Å². The average molecular weight is 655 g/mol. The number of rotatable bonds is 13. The van der Waals surface area contributed by atoms with Crippen LogP contribution in [0.5, 0.6) is 0 Å². The van der Waals surface area contributed by atoms with Crippen LogP contribution in [0.15, 0.2) is 47.3 Å². The topological polar surface area (TPSA) is 99.6 Å². The van der Waals surface area contributed by atoms with Crippen molar-refractivity contribution in [3.05, 3.63) is 47.9 Å². The van der Waals surface area contributed by atoms with E-state index in [1.165, 1.54) is 0 Å². The van der Waals surface area contributed by atoms with Crippen molar-refractivity contribution in [1.29, 1.82) is 0 Å². The fraction of sp³-hybridized carbons (Fsp3) is 0.548. The van der Waals surface area contributed by atoms with Crippen LogP contribution in [0, 0.1) is 0 Å². The monoisotopic (exact) mass is 654 g/mol. The highest BCUT2D eigenvalue weighted by Gasteiger charge is 2.48. The third-order valence-corrected chi connectivity index (χ3v) is 12.2. The van der Waals surface area contributed by atoms with Crippen molar-refractivity contribution >= 4 is 61.9 Å². The van der Waals surface area contributed by atoms with E-state index in [-0.39, 0.29) is 13.5 Å². The van der Waals surface area contributed by atoms with Gasteiger partial charge in [-0.3, -0.25) is 20.0 Å². The number of Topliss-reactive ketones (excluding diaryl/α,β-unsaturated/α-hetero) is 1. The summed E-state index contributed by atoms with van der Waals surface area (Å²) in [6.07, 6.45) is 0.866. The Bertz CT molecular complexity index is 1410. The molecule has 0 bridgehead atoms. The van der Waals surface area contributed by atoms with E-state index in [1.807, 2.05) is 47.1 Å². The van der Waals surface area contributed by atoms with E-state index < -0.39 is 34.0 Å². The summed E-state index contributed by atoms with van der Waals surface area (Å²) in [6, 6.07) is 12.0. The van der Waals surface area contributed by atoms with Gasteiger partial charge in [0.05, 0.1) is 11.1 Å². The lowest BCUT2D eigenvalue weighted by Gasteiger charge is -2.39. The number of nitrogens with zero attached hydrogens (tertiary/aromatic N) is 5. The Morgan fingerprint density at radius 2 is 1.61 bits per heavy atom. The first-order valence-corrected chi connectivity index (χ1v) is 24.0. The molecule has 1 fully saturated rings. The third kappa shape index (κ3) is 7.98. The van der Waals surface area contributed by atoms with Crippen LogP contribution in [-0.2, 0) is 19.1 Å². The molecule has 0 saturated carbocycles. The summed E-state index contributed by atoms with van der Waals surface area (Å²) in [6.45, 7) is 17.0. The Labute approximate surface area is 267 Å². The zero-order valence-corrected chi connectivity index (χ0v) is 29.7. The maximum absolute atomic E-state index is 13.7. The largest absolute Gasteiger partial charge is 0.366 e. The van der Waals surface area contributed by atoms with Crippen molar-refractivity contribution < 1.29 is 19.1 Å². The number of amides is 1. The van der Waals surface area contributed by atoms with Gasteiger partial charge in [-0.15, -0.1) is 0 Å². The van der Waals surface area contributed by atoms with E-state index in [0.717, 1.165) is 64.5 Å². The Balaban J connectivity index is 1.48. The van der Waals surface area contributed by atoms with E-state index in [2.05, 4.69) is 60.7 Å². The third-order valence-electron chi connectivity index (χ3n) is 7.87. The number of nitrogens with one attached hydrogen (secondary N) is 1. The summed E-state index contributed by atoms with van der Waals surface area (Å²) in [5.41, 5.74) is 6.04. The second-order valence-corrected chi connectivity index (χ2v) is 26.5. The predicted octanol–water partition coefficient (Wildman–Crippen LogP) is 4.53. The van der Waals surface area contributed by atoms with Gasteiger partial charge >= 0.3 is 5.91 Å². The van der Waals surface area contributed by atoms with Crippen molar-refractivity contribution in [1.82, 2.24) is 25.2 Å². The first-order valence-electron chi connectivity index (χ1n) is 15.5. The summed E-state index contributed by atoms with van der Waals surface area (Å²) < 4.78 is 12.3. The van der Waals surface area contributed by atoms with Crippen LogP contribution in [0.2, 0.25) is 51.4 Å². The Morgan fingerprint density at radius 3 is 2.25 bits per heavy atom. The highest BCUT2D eigenvalue weighted by molar-refractivity contribution is 7.99. The molecule has 3 aliphatic heterocycles. The number of hydrazine groups is 1. The molecule has 0 aliphatic carbocycles. The molecule has 10 nitrogen and oxygen atoms in total.